The fourth-order valence-electron chi connectivity index (χ4n) is 0.604. The molecule has 0 unspecified atom stereocenters. The molecule has 1 fully saturated rings. The average molecular weight is 123 g/mol. The minimum absolute atomic E-state index is 1.14. The molecule has 2 radical (unpaired) electrons. The molecule has 3 nitrogen and oxygen atoms in total. The first-order chi connectivity index (χ1) is 4.41. The molecule has 0 amide bonds. The SMILES string of the molecule is C1CNCCN1.[B]C#N. The van der Waals surface area contributed by atoms with Crippen molar-refractivity contribution in [3.05, 3.63) is 0 Å². The van der Waals surface area contributed by atoms with Crippen LogP contribution in [-0.4, -0.2) is 34.0 Å². The fourth-order valence-corrected chi connectivity index (χ4v) is 0.604. The molecule has 0 aromatic rings. The van der Waals surface area contributed by atoms with Crippen molar-refractivity contribution in [1.29, 1.82) is 5.26 Å². The summed E-state index contributed by atoms with van der Waals surface area (Å²) in [4.78, 5) is 0. The predicted octanol–water partition coefficient (Wildman–Crippen LogP) is -1.18. The van der Waals surface area contributed by atoms with Gasteiger partial charge in [0.05, 0.1) is 0 Å². The number of nitrogens with zero attached hydrogens (tertiary/aromatic N) is 1. The van der Waals surface area contributed by atoms with Gasteiger partial charge in [0.15, 0.2) is 0 Å². The van der Waals surface area contributed by atoms with Crippen molar-refractivity contribution in [2.45, 2.75) is 0 Å². The minimum atomic E-state index is 1.14. The third-order valence-corrected chi connectivity index (χ3v) is 0.957. The van der Waals surface area contributed by atoms with Crippen LogP contribution in [0.5, 0.6) is 0 Å². The summed E-state index contributed by atoms with van der Waals surface area (Å²) >= 11 is 0. The number of nitriles is 1. The lowest BCUT2D eigenvalue weighted by molar-refractivity contribution is 0.534. The van der Waals surface area contributed by atoms with E-state index < -0.39 is 0 Å². The molecule has 1 aliphatic rings. The summed E-state index contributed by atoms with van der Waals surface area (Å²) in [7, 11) is 4.15. The van der Waals surface area contributed by atoms with E-state index in [0.717, 1.165) is 26.2 Å². The standard InChI is InChI=1S/C4H10N2.CBN/c1-2-6-4-3-5-1;2-1-3/h5-6H,1-4H2;. The van der Waals surface area contributed by atoms with Crippen molar-refractivity contribution in [2.24, 2.45) is 0 Å². The lowest BCUT2D eigenvalue weighted by Gasteiger charge is -2.11. The van der Waals surface area contributed by atoms with Crippen LogP contribution in [0, 0.1) is 11.2 Å². The van der Waals surface area contributed by atoms with Crippen molar-refractivity contribution in [1.82, 2.24) is 10.6 Å². The molecule has 0 atom stereocenters. The molecule has 4 heteroatoms. The van der Waals surface area contributed by atoms with Crippen molar-refractivity contribution < 1.29 is 0 Å². The summed E-state index contributed by atoms with van der Waals surface area (Å²) in [6, 6.07) is 0. The number of hydrogen-bond donors (Lipinski definition) is 2. The van der Waals surface area contributed by atoms with Gasteiger partial charge in [0.25, 0.3) is 0 Å². The Bertz CT molecular complexity index is 73.2. The highest BCUT2D eigenvalue weighted by Gasteiger charge is 1.91. The van der Waals surface area contributed by atoms with Gasteiger partial charge in [-0.3, -0.25) is 0 Å². The molecule has 0 aromatic heterocycles. The maximum absolute atomic E-state index is 7.10. The third-order valence-electron chi connectivity index (χ3n) is 0.957. The van der Waals surface area contributed by atoms with Crippen molar-refractivity contribution >= 4 is 7.85 Å². The smallest absolute Gasteiger partial charge is 0.229 e. The highest BCUT2D eigenvalue weighted by molar-refractivity contribution is 6.20. The van der Waals surface area contributed by atoms with Gasteiger partial charge in [-0.15, -0.1) is 0 Å². The largest absolute Gasteiger partial charge is 0.314 e. The Morgan fingerprint density at radius 1 is 1.11 bits per heavy atom. The quantitative estimate of drug-likeness (QED) is 0.398. The number of piperazine rings is 1. The van der Waals surface area contributed by atoms with Crippen LogP contribution in [0.4, 0.5) is 0 Å². The maximum Gasteiger partial charge on any atom is 0.229 e. The molecule has 0 saturated carbocycles. The number of rotatable bonds is 0. The van der Waals surface area contributed by atoms with E-state index in [0.29, 0.717) is 0 Å². The van der Waals surface area contributed by atoms with Gasteiger partial charge in [0.2, 0.25) is 7.85 Å². The molecule has 9 heavy (non-hydrogen) atoms. The second kappa shape index (κ2) is 7.47. The number of hydrogen-bond acceptors (Lipinski definition) is 3. The Morgan fingerprint density at radius 2 is 1.33 bits per heavy atom. The lowest BCUT2D eigenvalue weighted by atomic mass is 10.2. The first-order valence-corrected chi connectivity index (χ1v) is 2.93. The van der Waals surface area contributed by atoms with Crippen LogP contribution in [-0.2, 0) is 0 Å². The van der Waals surface area contributed by atoms with Crippen LogP contribution in [0.15, 0.2) is 0 Å². The second-order valence-corrected chi connectivity index (χ2v) is 1.63. The zero-order valence-corrected chi connectivity index (χ0v) is 5.35. The van der Waals surface area contributed by atoms with E-state index in [1.165, 1.54) is 5.97 Å². The highest BCUT2D eigenvalue weighted by atomic mass is 15.0. The van der Waals surface area contributed by atoms with E-state index in [9.17, 15) is 0 Å². The van der Waals surface area contributed by atoms with Crippen molar-refractivity contribution in [3.63, 3.8) is 0 Å². The molecule has 0 aliphatic carbocycles. The monoisotopic (exact) mass is 123 g/mol. The van der Waals surface area contributed by atoms with E-state index in [2.05, 4.69) is 18.5 Å². The molecule has 1 rings (SSSR count). The first-order valence-electron chi connectivity index (χ1n) is 2.93. The van der Waals surface area contributed by atoms with E-state index in [1.54, 1.807) is 0 Å². The maximum atomic E-state index is 7.10. The molecule has 0 bridgehead atoms. The molecule has 1 aliphatic heterocycles. The van der Waals surface area contributed by atoms with E-state index >= 15 is 0 Å². The molecular formula is C5H10BN3. The van der Waals surface area contributed by atoms with Gasteiger partial charge >= 0.3 is 0 Å². The third kappa shape index (κ3) is 7.47. The van der Waals surface area contributed by atoms with Crippen LogP contribution < -0.4 is 10.6 Å². The Labute approximate surface area is 56.8 Å². The van der Waals surface area contributed by atoms with Gasteiger partial charge < -0.3 is 10.6 Å². The molecular weight excluding hydrogens is 113 g/mol. The molecule has 2 N–H and O–H groups in total. The second-order valence-electron chi connectivity index (χ2n) is 1.63. The minimum Gasteiger partial charge on any atom is -0.314 e. The summed E-state index contributed by atoms with van der Waals surface area (Å²) in [6.07, 6.45) is 0. The molecule has 1 heterocycles. The summed E-state index contributed by atoms with van der Waals surface area (Å²) in [6.45, 7) is 4.56. The zero-order chi connectivity index (χ0) is 6.95. The van der Waals surface area contributed by atoms with Crippen LogP contribution in [0.2, 0.25) is 0 Å². The van der Waals surface area contributed by atoms with Gasteiger partial charge in [-0.25, -0.2) is 5.26 Å². The van der Waals surface area contributed by atoms with E-state index in [4.69, 9.17) is 5.26 Å². The van der Waals surface area contributed by atoms with Gasteiger partial charge in [0.1, 0.15) is 0 Å². The average Bonchev–Trinajstić information content (AvgIpc) is 1.93. The zero-order valence-electron chi connectivity index (χ0n) is 5.35. The van der Waals surface area contributed by atoms with Crippen LogP contribution >= 0.6 is 0 Å². The Morgan fingerprint density at radius 3 is 1.44 bits per heavy atom. The van der Waals surface area contributed by atoms with Gasteiger partial charge in [-0.05, 0) is 5.97 Å². The topological polar surface area (TPSA) is 47.8 Å². The summed E-state index contributed by atoms with van der Waals surface area (Å²) in [5, 5.41) is 13.5. The normalized spacial score (nSPS) is 16.8. The fraction of sp³-hybridized carbons (Fsp3) is 0.800. The summed E-state index contributed by atoms with van der Waals surface area (Å²) in [5.41, 5.74) is 0. The van der Waals surface area contributed by atoms with Gasteiger partial charge in [0, 0.05) is 26.2 Å². The molecule has 0 aromatic carbocycles. The Hall–Kier alpha value is -0.525. The molecule has 0 spiro atoms. The summed E-state index contributed by atoms with van der Waals surface area (Å²) < 4.78 is 0. The first kappa shape index (κ1) is 8.47. The van der Waals surface area contributed by atoms with Crippen molar-refractivity contribution in [3.8, 4) is 5.97 Å². The van der Waals surface area contributed by atoms with Crippen LogP contribution in [0.1, 0.15) is 0 Å². The van der Waals surface area contributed by atoms with E-state index in [1.807, 2.05) is 0 Å². The van der Waals surface area contributed by atoms with Gasteiger partial charge in [-0.1, -0.05) is 0 Å². The van der Waals surface area contributed by atoms with Crippen molar-refractivity contribution in [2.75, 3.05) is 26.2 Å². The predicted molar refractivity (Wildman–Crippen MR) is 37.1 cm³/mol. The van der Waals surface area contributed by atoms with E-state index in [-0.39, 0.29) is 0 Å². The Balaban J connectivity index is 0.000000187. The van der Waals surface area contributed by atoms with Gasteiger partial charge in [-0.2, -0.15) is 0 Å². The molecule has 1 saturated heterocycles. The van der Waals surface area contributed by atoms with Crippen LogP contribution in [0.25, 0.3) is 0 Å². The highest BCUT2D eigenvalue weighted by Crippen LogP contribution is 1.65. The van der Waals surface area contributed by atoms with Crippen LogP contribution in [0.3, 0.4) is 0 Å². The summed E-state index contributed by atoms with van der Waals surface area (Å²) in [5.74, 6) is 1.25. The lowest BCUT2D eigenvalue weighted by Crippen LogP contribution is -2.39. The Kier molecular flexibility index (Phi) is 7.04. The molecule has 48 valence electrons. The number of nitrogens with one attached hydrogen (secondary N) is 2.